The number of ether oxygens (including phenoxy) is 2. The minimum absolute atomic E-state index is 0.0672. The zero-order chi connectivity index (χ0) is 25.4. The van der Waals surface area contributed by atoms with Gasteiger partial charge in [0.2, 0.25) is 0 Å². The molecule has 2 aromatic rings. The molecule has 2 aliphatic heterocycles. The maximum atomic E-state index is 5.38. The second-order valence-electron chi connectivity index (χ2n) is 11.6. The predicted octanol–water partition coefficient (Wildman–Crippen LogP) is 5.70. The standard InChI is InChI=1S/C29H40N4O2/c1-28(2,3)24-18-32(20-9-13-22(34-7)14-10-20)26(30-24)17-27-31-25(29(4,5)6)19-33(27)21-11-15-23(35-8)16-12-21/h9-17,24-25,30H,18-19H2,1-8H3/b26-17+/t24-,25-/m0/s1. The van der Waals surface area contributed by atoms with Crippen LogP contribution < -0.4 is 24.6 Å². The average Bonchev–Trinajstić information content (AvgIpc) is 3.44. The minimum Gasteiger partial charge on any atom is -0.497 e. The molecule has 0 unspecified atom stereocenters. The van der Waals surface area contributed by atoms with E-state index in [-0.39, 0.29) is 16.9 Å². The van der Waals surface area contributed by atoms with E-state index in [4.69, 9.17) is 14.5 Å². The molecule has 1 N–H and O–H groups in total. The van der Waals surface area contributed by atoms with E-state index in [1.807, 2.05) is 24.3 Å². The molecule has 1 saturated heterocycles. The molecule has 1 fully saturated rings. The van der Waals surface area contributed by atoms with E-state index >= 15 is 0 Å². The van der Waals surface area contributed by atoms with Crippen molar-refractivity contribution in [2.45, 2.75) is 53.6 Å². The van der Waals surface area contributed by atoms with Crippen molar-refractivity contribution < 1.29 is 9.47 Å². The Labute approximate surface area is 210 Å². The van der Waals surface area contributed by atoms with Gasteiger partial charge in [-0.1, -0.05) is 41.5 Å². The number of benzene rings is 2. The molecule has 2 aliphatic rings. The van der Waals surface area contributed by atoms with Gasteiger partial charge in [-0.3, -0.25) is 4.99 Å². The highest BCUT2D eigenvalue weighted by Gasteiger charge is 2.37. The molecular weight excluding hydrogens is 436 g/mol. The number of anilines is 2. The van der Waals surface area contributed by atoms with Gasteiger partial charge >= 0.3 is 0 Å². The Hall–Kier alpha value is -3.15. The van der Waals surface area contributed by atoms with Crippen molar-refractivity contribution in [1.29, 1.82) is 0 Å². The van der Waals surface area contributed by atoms with Crippen LogP contribution in [0.25, 0.3) is 0 Å². The quantitative estimate of drug-likeness (QED) is 0.600. The summed E-state index contributed by atoms with van der Waals surface area (Å²) in [4.78, 5) is 9.89. The van der Waals surface area contributed by atoms with E-state index < -0.39 is 0 Å². The van der Waals surface area contributed by atoms with Crippen molar-refractivity contribution in [2.75, 3.05) is 37.1 Å². The van der Waals surface area contributed by atoms with Crippen LogP contribution in [0.3, 0.4) is 0 Å². The van der Waals surface area contributed by atoms with Gasteiger partial charge in [-0.05, 0) is 59.4 Å². The summed E-state index contributed by atoms with van der Waals surface area (Å²) < 4.78 is 10.8. The molecule has 0 aromatic heterocycles. The van der Waals surface area contributed by atoms with E-state index in [1.165, 1.54) is 0 Å². The monoisotopic (exact) mass is 476 g/mol. The molecule has 4 rings (SSSR count). The fourth-order valence-electron chi connectivity index (χ4n) is 4.44. The normalized spacial score (nSPS) is 21.8. The lowest BCUT2D eigenvalue weighted by Crippen LogP contribution is -2.37. The second-order valence-corrected chi connectivity index (χ2v) is 11.6. The first-order chi connectivity index (χ1) is 16.5. The Bertz CT molecular complexity index is 1080. The van der Waals surface area contributed by atoms with Crippen molar-refractivity contribution in [3.05, 3.63) is 60.4 Å². The Morgan fingerprint density at radius 1 is 0.771 bits per heavy atom. The number of nitrogens with one attached hydrogen (secondary N) is 1. The van der Waals surface area contributed by atoms with Crippen LogP contribution in [0.1, 0.15) is 41.5 Å². The molecular formula is C29H40N4O2. The second kappa shape index (κ2) is 9.48. The largest absolute Gasteiger partial charge is 0.497 e. The van der Waals surface area contributed by atoms with E-state index in [9.17, 15) is 0 Å². The maximum absolute atomic E-state index is 5.38. The van der Waals surface area contributed by atoms with Crippen molar-refractivity contribution in [2.24, 2.45) is 15.8 Å². The number of amidine groups is 1. The molecule has 0 bridgehead atoms. The lowest BCUT2D eigenvalue weighted by atomic mass is 9.87. The lowest BCUT2D eigenvalue weighted by Gasteiger charge is -2.26. The highest BCUT2D eigenvalue weighted by molar-refractivity contribution is 6.08. The Kier molecular flexibility index (Phi) is 6.76. The third-order valence-corrected chi connectivity index (χ3v) is 6.98. The lowest BCUT2D eigenvalue weighted by molar-refractivity contribution is 0.313. The van der Waals surface area contributed by atoms with E-state index in [0.717, 1.165) is 47.6 Å². The molecule has 6 heteroatoms. The van der Waals surface area contributed by atoms with Crippen molar-refractivity contribution in [1.82, 2.24) is 5.32 Å². The fraction of sp³-hybridized carbons (Fsp3) is 0.483. The summed E-state index contributed by atoms with van der Waals surface area (Å²) in [5.74, 6) is 3.76. The molecule has 2 atom stereocenters. The van der Waals surface area contributed by atoms with E-state index in [0.29, 0.717) is 6.04 Å². The highest BCUT2D eigenvalue weighted by Crippen LogP contribution is 2.34. The Morgan fingerprint density at radius 2 is 1.29 bits per heavy atom. The van der Waals surface area contributed by atoms with Crippen LogP contribution in [0.2, 0.25) is 0 Å². The molecule has 0 saturated carbocycles. The summed E-state index contributed by atoms with van der Waals surface area (Å²) in [5.41, 5.74) is 2.44. The summed E-state index contributed by atoms with van der Waals surface area (Å²) in [6, 6.07) is 17.0. The van der Waals surface area contributed by atoms with E-state index in [1.54, 1.807) is 14.2 Å². The van der Waals surface area contributed by atoms with Crippen LogP contribution in [0.5, 0.6) is 11.5 Å². The number of rotatable bonds is 5. The Balaban J connectivity index is 1.73. The third kappa shape index (κ3) is 5.42. The highest BCUT2D eigenvalue weighted by atomic mass is 16.5. The first-order valence-electron chi connectivity index (χ1n) is 12.4. The summed E-state index contributed by atoms with van der Waals surface area (Å²) in [7, 11) is 3.40. The molecule has 0 spiro atoms. The summed E-state index contributed by atoms with van der Waals surface area (Å²) in [6.45, 7) is 15.4. The SMILES string of the molecule is COc1ccc(N2C[C@@H](C(C)(C)C)N=C2/C=C2\N[C@H](C(C)(C)C)CN2c2ccc(OC)cc2)cc1. The molecule has 0 aliphatic carbocycles. The smallest absolute Gasteiger partial charge is 0.132 e. The summed E-state index contributed by atoms with van der Waals surface area (Å²) in [5, 5.41) is 3.81. The van der Waals surface area contributed by atoms with Crippen molar-refractivity contribution >= 4 is 17.2 Å². The van der Waals surface area contributed by atoms with Gasteiger partial charge in [0, 0.05) is 30.5 Å². The van der Waals surface area contributed by atoms with Crippen molar-refractivity contribution in [3.8, 4) is 11.5 Å². The number of nitrogens with zero attached hydrogens (tertiary/aromatic N) is 3. The number of hydrogen-bond acceptors (Lipinski definition) is 6. The zero-order valence-corrected chi connectivity index (χ0v) is 22.4. The van der Waals surface area contributed by atoms with E-state index in [2.05, 4.69) is 87.0 Å². The molecule has 2 aromatic carbocycles. The molecule has 0 amide bonds. The van der Waals surface area contributed by atoms with Crippen LogP contribution in [0.15, 0.2) is 65.4 Å². The first-order valence-corrected chi connectivity index (χ1v) is 12.4. The first kappa shape index (κ1) is 25.0. The zero-order valence-electron chi connectivity index (χ0n) is 22.4. The third-order valence-electron chi connectivity index (χ3n) is 6.98. The van der Waals surface area contributed by atoms with Gasteiger partial charge in [0.05, 0.1) is 26.3 Å². The number of hydrogen-bond donors (Lipinski definition) is 1. The summed E-state index contributed by atoms with van der Waals surface area (Å²) >= 11 is 0. The van der Waals surface area contributed by atoms with Gasteiger partial charge in [-0.15, -0.1) is 0 Å². The van der Waals surface area contributed by atoms with Gasteiger partial charge in [-0.2, -0.15) is 0 Å². The topological polar surface area (TPSA) is 49.3 Å². The van der Waals surface area contributed by atoms with Crippen LogP contribution >= 0.6 is 0 Å². The average molecular weight is 477 g/mol. The fourth-order valence-corrected chi connectivity index (χ4v) is 4.44. The molecule has 188 valence electrons. The molecule has 35 heavy (non-hydrogen) atoms. The van der Waals surface area contributed by atoms with Gasteiger partial charge < -0.3 is 24.6 Å². The molecule has 0 radical (unpaired) electrons. The Morgan fingerprint density at radius 3 is 1.74 bits per heavy atom. The molecule has 2 heterocycles. The van der Waals surface area contributed by atoms with Gasteiger partial charge in [-0.25, -0.2) is 0 Å². The number of aliphatic imine (C=N–C) groups is 1. The van der Waals surface area contributed by atoms with Gasteiger partial charge in [0.15, 0.2) is 0 Å². The van der Waals surface area contributed by atoms with Crippen molar-refractivity contribution in [3.63, 3.8) is 0 Å². The minimum atomic E-state index is 0.0672. The van der Waals surface area contributed by atoms with Crippen LogP contribution in [0.4, 0.5) is 11.4 Å². The summed E-state index contributed by atoms with van der Waals surface area (Å²) in [6.07, 6.45) is 2.21. The van der Waals surface area contributed by atoms with Crippen LogP contribution in [-0.4, -0.2) is 45.2 Å². The molecule has 6 nitrogen and oxygen atoms in total. The van der Waals surface area contributed by atoms with Gasteiger partial charge in [0.25, 0.3) is 0 Å². The predicted molar refractivity (Wildman–Crippen MR) is 146 cm³/mol. The van der Waals surface area contributed by atoms with Crippen LogP contribution in [-0.2, 0) is 0 Å². The number of methoxy groups -OCH3 is 2. The van der Waals surface area contributed by atoms with Gasteiger partial charge in [0.1, 0.15) is 23.2 Å². The maximum Gasteiger partial charge on any atom is 0.132 e. The van der Waals surface area contributed by atoms with Crippen LogP contribution in [0, 0.1) is 10.8 Å².